The Morgan fingerprint density at radius 1 is 1.06 bits per heavy atom. The fourth-order valence-corrected chi connectivity index (χ4v) is 5.38. The second-order valence-corrected chi connectivity index (χ2v) is 9.76. The molecule has 0 atom stereocenters. The number of urea groups is 1. The highest BCUT2D eigenvalue weighted by molar-refractivity contribution is 7.98. The first kappa shape index (κ1) is 22.7. The summed E-state index contributed by atoms with van der Waals surface area (Å²) in [5, 5.41) is 10.1. The molecule has 2 aliphatic rings. The lowest BCUT2D eigenvalue weighted by Crippen LogP contribution is -2.51. The van der Waals surface area contributed by atoms with Gasteiger partial charge in [-0.1, -0.05) is 36.6 Å². The molecule has 2 aromatic rings. The van der Waals surface area contributed by atoms with E-state index in [-0.39, 0.29) is 18.0 Å². The fraction of sp³-hybridized carbons (Fsp3) is 0.542. The van der Waals surface area contributed by atoms with Gasteiger partial charge in [0, 0.05) is 36.1 Å². The van der Waals surface area contributed by atoms with E-state index in [0.717, 1.165) is 47.6 Å². The molecule has 172 valence electrons. The van der Waals surface area contributed by atoms with Gasteiger partial charge in [0.2, 0.25) is 0 Å². The van der Waals surface area contributed by atoms with Crippen LogP contribution < -0.4 is 10.6 Å². The summed E-state index contributed by atoms with van der Waals surface area (Å²) in [6, 6.07) is 9.99. The zero-order valence-corrected chi connectivity index (χ0v) is 19.5. The van der Waals surface area contributed by atoms with Crippen molar-refractivity contribution in [2.45, 2.75) is 74.6 Å². The van der Waals surface area contributed by atoms with Gasteiger partial charge < -0.3 is 20.1 Å². The van der Waals surface area contributed by atoms with Crippen LogP contribution in [0.5, 0.6) is 0 Å². The molecule has 2 N–H and O–H groups in total. The minimum Gasteiger partial charge on any atom is -0.360 e. The van der Waals surface area contributed by atoms with Crippen LogP contribution in [0.2, 0.25) is 0 Å². The Balaban J connectivity index is 1.27. The van der Waals surface area contributed by atoms with Gasteiger partial charge in [-0.25, -0.2) is 4.79 Å². The van der Waals surface area contributed by atoms with E-state index in [1.807, 2.05) is 42.2 Å². The lowest BCUT2D eigenvalue weighted by molar-refractivity contribution is 0.0704. The number of aryl methyl sites for hydroxylation is 1. The van der Waals surface area contributed by atoms with E-state index in [1.165, 1.54) is 19.3 Å². The van der Waals surface area contributed by atoms with Crippen LogP contribution in [0.1, 0.15) is 66.8 Å². The highest BCUT2D eigenvalue weighted by Gasteiger charge is 2.26. The number of nitrogens with one attached hydrogen (secondary N) is 2. The van der Waals surface area contributed by atoms with Crippen LogP contribution in [0, 0.1) is 6.92 Å². The first-order valence-corrected chi connectivity index (χ1v) is 12.6. The number of rotatable bonds is 6. The van der Waals surface area contributed by atoms with Crippen LogP contribution in [-0.2, 0) is 5.75 Å². The van der Waals surface area contributed by atoms with Crippen molar-refractivity contribution in [3.63, 3.8) is 0 Å². The van der Waals surface area contributed by atoms with Crippen molar-refractivity contribution in [3.8, 4) is 0 Å². The van der Waals surface area contributed by atoms with Gasteiger partial charge >= 0.3 is 6.03 Å². The van der Waals surface area contributed by atoms with Gasteiger partial charge in [0.05, 0.1) is 17.0 Å². The number of amides is 3. The molecule has 32 heavy (non-hydrogen) atoms. The lowest BCUT2D eigenvalue weighted by Gasteiger charge is -2.33. The zero-order valence-electron chi connectivity index (χ0n) is 18.6. The number of carbonyl (C=O) groups excluding carboxylic acids is 2. The van der Waals surface area contributed by atoms with E-state index in [1.54, 1.807) is 11.8 Å². The Labute approximate surface area is 193 Å². The lowest BCUT2D eigenvalue weighted by atomic mass is 9.96. The molecule has 1 saturated heterocycles. The monoisotopic (exact) mass is 456 g/mol. The summed E-state index contributed by atoms with van der Waals surface area (Å²) >= 11 is 1.58. The molecular weight excluding hydrogens is 424 g/mol. The predicted molar refractivity (Wildman–Crippen MR) is 125 cm³/mol. The maximum atomic E-state index is 13.2. The van der Waals surface area contributed by atoms with E-state index in [0.29, 0.717) is 24.9 Å². The van der Waals surface area contributed by atoms with Gasteiger partial charge in [0.15, 0.2) is 0 Å². The van der Waals surface area contributed by atoms with E-state index in [9.17, 15) is 9.59 Å². The Hall–Kier alpha value is -2.48. The summed E-state index contributed by atoms with van der Waals surface area (Å²) in [5.41, 5.74) is 1.57. The van der Waals surface area contributed by atoms with Gasteiger partial charge in [-0.15, -0.1) is 11.8 Å². The van der Waals surface area contributed by atoms with Gasteiger partial charge in [-0.3, -0.25) is 4.79 Å². The molecule has 1 saturated carbocycles. The molecule has 1 aliphatic carbocycles. The van der Waals surface area contributed by atoms with E-state index in [4.69, 9.17) is 4.52 Å². The van der Waals surface area contributed by atoms with Crippen LogP contribution in [0.15, 0.2) is 39.8 Å². The van der Waals surface area contributed by atoms with E-state index < -0.39 is 0 Å². The van der Waals surface area contributed by atoms with Crippen molar-refractivity contribution in [2.75, 3.05) is 13.1 Å². The molecule has 0 bridgehead atoms. The number of benzene rings is 1. The predicted octanol–water partition coefficient (Wildman–Crippen LogP) is 4.51. The second kappa shape index (κ2) is 10.9. The van der Waals surface area contributed by atoms with Gasteiger partial charge in [0.1, 0.15) is 5.76 Å². The third-order valence-corrected chi connectivity index (χ3v) is 7.32. The van der Waals surface area contributed by atoms with Crippen molar-refractivity contribution in [2.24, 2.45) is 0 Å². The maximum absolute atomic E-state index is 13.2. The number of hydrogen-bond acceptors (Lipinski definition) is 5. The van der Waals surface area contributed by atoms with E-state index in [2.05, 4.69) is 15.8 Å². The number of nitrogens with zero attached hydrogens (tertiary/aromatic N) is 2. The van der Waals surface area contributed by atoms with Crippen LogP contribution in [0.3, 0.4) is 0 Å². The summed E-state index contributed by atoms with van der Waals surface area (Å²) < 4.78 is 5.29. The largest absolute Gasteiger partial charge is 0.360 e. The molecule has 0 spiro atoms. The molecule has 7 nitrogen and oxygen atoms in total. The molecule has 3 amide bonds. The first-order valence-electron chi connectivity index (χ1n) is 11.6. The topological polar surface area (TPSA) is 87.5 Å². The number of aromatic nitrogens is 1. The summed E-state index contributed by atoms with van der Waals surface area (Å²) in [7, 11) is 0. The number of likely N-dealkylation sites (tertiary alicyclic amines) is 1. The van der Waals surface area contributed by atoms with Crippen molar-refractivity contribution in [1.82, 2.24) is 20.7 Å². The molecule has 0 unspecified atom stereocenters. The Kier molecular flexibility index (Phi) is 7.73. The summed E-state index contributed by atoms with van der Waals surface area (Å²) in [5.74, 6) is 1.48. The molecule has 0 radical (unpaired) electrons. The molecule has 1 aliphatic heterocycles. The van der Waals surface area contributed by atoms with Crippen molar-refractivity contribution in [3.05, 3.63) is 47.3 Å². The average Bonchev–Trinajstić information content (AvgIpc) is 3.23. The molecule has 4 rings (SSSR count). The third-order valence-electron chi connectivity index (χ3n) is 6.22. The minimum atomic E-state index is -0.0638. The molecule has 8 heteroatoms. The smallest absolute Gasteiger partial charge is 0.315 e. The van der Waals surface area contributed by atoms with Gasteiger partial charge in [-0.2, -0.15) is 0 Å². The minimum absolute atomic E-state index is 0.0481. The molecule has 1 aromatic heterocycles. The van der Waals surface area contributed by atoms with Gasteiger partial charge in [0.25, 0.3) is 5.91 Å². The first-order chi connectivity index (χ1) is 15.6. The summed E-state index contributed by atoms with van der Waals surface area (Å²) in [6.07, 6.45) is 7.37. The quantitative estimate of drug-likeness (QED) is 0.625. The van der Waals surface area contributed by atoms with Crippen LogP contribution >= 0.6 is 11.8 Å². The Bertz CT molecular complexity index is 917. The molecular formula is C24H32N4O3S. The Morgan fingerprint density at radius 3 is 2.44 bits per heavy atom. The van der Waals surface area contributed by atoms with E-state index >= 15 is 0 Å². The zero-order chi connectivity index (χ0) is 22.3. The SMILES string of the molecule is Cc1cc(CSc2ccccc2C(=O)N2CCC(NC(=O)NC3CCCCC3)CC2)on1. The normalized spacial score (nSPS) is 17.8. The van der Waals surface area contributed by atoms with Crippen molar-refractivity contribution in [1.29, 1.82) is 0 Å². The summed E-state index contributed by atoms with van der Waals surface area (Å²) in [6.45, 7) is 3.19. The maximum Gasteiger partial charge on any atom is 0.315 e. The fourth-order valence-electron chi connectivity index (χ4n) is 4.46. The second-order valence-electron chi connectivity index (χ2n) is 8.74. The van der Waals surface area contributed by atoms with Crippen LogP contribution in [0.25, 0.3) is 0 Å². The van der Waals surface area contributed by atoms with Crippen LogP contribution in [0.4, 0.5) is 4.79 Å². The number of thioether (sulfide) groups is 1. The number of hydrogen-bond donors (Lipinski definition) is 2. The van der Waals surface area contributed by atoms with Crippen molar-refractivity contribution < 1.29 is 14.1 Å². The van der Waals surface area contributed by atoms with Crippen molar-refractivity contribution >= 4 is 23.7 Å². The Morgan fingerprint density at radius 2 is 1.75 bits per heavy atom. The highest BCUT2D eigenvalue weighted by Crippen LogP contribution is 2.28. The number of piperidine rings is 1. The highest BCUT2D eigenvalue weighted by atomic mass is 32.2. The number of carbonyl (C=O) groups is 2. The van der Waals surface area contributed by atoms with Crippen LogP contribution in [-0.4, -0.2) is 47.2 Å². The molecule has 1 aromatic carbocycles. The standard InChI is InChI=1S/C24H32N4O3S/c1-17-15-20(31-27-17)16-32-22-10-6-5-9-21(22)23(29)28-13-11-19(12-14-28)26-24(30)25-18-7-3-2-4-8-18/h5-6,9-10,15,18-19H,2-4,7-8,11-14,16H2,1H3,(H2,25,26,30). The third kappa shape index (κ3) is 6.06. The average molecular weight is 457 g/mol. The molecule has 2 heterocycles. The van der Waals surface area contributed by atoms with Gasteiger partial charge in [-0.05, 0) is 44.7 Å². The molecule has 2 fully saturated rings. The summed E-state index contributed by atoms with van der Waals surface area (Å²) in [4.78, 5) is 28.4.